The molecule has 0 heterocycles. The Bertz CT molecular complexity index is 407. The summed E-state index contributed by atoms with van der Waals surface area (Å²) in [5.74, 6) is 0.912. The Balaban J connectivity index is 2.83. The summed E-state index contributed by atoms with van der Waals surface area (Å²) in [6, 6.07) is 6.04. The van der Waals surface area contributed by atoms with Gasteiger partial charge in [-0.1, -0.05) is 6.07 Å². The third-order valence-corrected chi connectivity index (χ3v) is 2.86. The van der Waals surface area contributed by atoms with Crippen molar-refractivity contribution in [2.24, 2.45) is 0 Å². The van der Waals surface area contributed by atoms with E-state index >= 15 is 0 Å². The molecule has 1 rings (SSSR count). The van der Waals surface area contributed by atoms with Gasteiger partial charge in [-0.25, -0.2) is 0 Å². The number of rotatable bonds is 4. The third kappa shape index (κ3) is 2.74. The van der Waals surface area contributed by atoms with Gasteiger partial charge in [0.15, 0.2) is 0 Å². The molecule has 0 fully saturated rings. The highest BCUT2D eigenvalue weighted by Crippen LogP contribution is 2.23. The fourth-order valence-electron chi connectivity index (χ4n) is 1.57. The van der Waals surface area contributed by atoms with Crippen LogP contribution in [-0.2, 0) is 6.54 Å². The van der Waals surface area contributed by atoms with Crippen LogP contribution in [0.25, 0.3) is 0 Å². The van der Waals surface area contributed by atoms with Gasteiger partial charge in [-0.2, -0.15) is 5.26 Å². The molecule has 1 N–H and O–H groups in total. The Hall–Kier alpha value is -1.53. The Morgan fingerprint density at radius 3 is 2.62 bits per heavy atom. The van der Waals surface area contributed by atoms with Gasteiger partial charge < -0.3 is 4.74 Å². The quantitative estimate of drug-likeness (QED) is 0.843. The van der Waals surface area contributed by atoms with Gasteiger partial charge in [0.25, 0.3) is 0 Å². The van der Waals surface area contributed by atoms with Crippen LogP contribution in [0.3, 0.4) is 0 Å². The minimum atomic E-state index is -0.123. The lowest BCUT2D eigenvalue weighted by molar-refractivity contribution is 0.411. The van der Waals surface area contributed by atoms with Gasteiger partial charge in [-0.15, -0.1) is 0 Å². The molecule has 1 unspecified atom stereocenters. The number of nitrogens with zero attached hydrogens (tertiary/aromatic N) is 1. The zero-order valence-electron chi connectivity index (χ0n) is 10.3. The summed E-state index contributed by atoms with van der Waals surface area (Å²) in [6.07, 6.45) is 0. The topological polar surface area (TPSA) is 45.0 Å². The number of ether oxygens (including phenoxy) is 1. The minimum Gasteiger partial charge on any atom is -0.496 e. The van der Waals surface area contributed by atoms with Crippen LogP contribution in [0.15, 0.2) is 12.1 Å². The summed E-state index contributed by atoms with van der Waals surface area (Å²) >= 11 is 0. The van der Waals surface area contributed by atoms with Crippen molar-refractivity contribution in [1.29, 1.82) is 5.26 Å². The zero-order valence-corrected chi connectivity index (χ0v) is 10.3. The van der Waals surface area contributed by atoms with Crippen molar-refractivity contribution in [2.45, 2.75) is 33.4 Å². The van der Waals surface area contributed by atoms with Crippen LogP contribution < -0.4 is 10.1 Å². The standard InChI is InChI=1S/C13H18N2O/c1-9(7-14)15-8-12-5-6-13(16-4)11(3)10(12)2/h5-6,9,15H,8H2,1-4H3. The summed E-state index contributed by atoms with van der Waals surface area (Å²) < 4.78 is 5.25. The van der Waals surface area contributed by atoms with Crippen LogP contribution >= 0.6 is 0 Å². The summed E-state index contributed by atoms with van der Waals surface area (Å²) in [4.78, 5) is 0. The Morgan fingerprint density at radius 2 is 2.06 bits per heavy atom. The first-order valence-electron chi connectivity index (χ1n) is 5.36. The lowest BCUT2D eigenvalue weighted by Crippen LogP contribution is -2.24. The van der Waals surface area contributed by atoms with Crippen LogP contribution in [0.4, 0.5) is 0 Å². The largest absolute Gasteiger partial charge is 0.496 e. The van der Waals surface area contributed by atoms with E-state index in [9.17, 15) is 0 Å². The maximum Gasteiger partial charge on any atom is 0.122 e. The Labute approximate surface area is 97.0 Å². The molecule has 1 aromatic rings. The first-order chi connectivity index (χ1) is 7.60. The fraction of sp³-hybridized carbons (Fsp3) is 0.462. The van der Waals surface area contributed by atoms with Crippen LogP contribution in [0.1, 0.15) is 23.6 Å². The second-order valence-corrected chi connectivity index (χ2v) is 3.91. The van der Waals surface area contributed by atoms with E-state index in [0.717, 1.165) is 11.3 Å². The second-order valence-electron chi connectivity index (χ2n) is 3.91. The van der Waals surface area contributed by atoms with Crippen molar-refractivity contribution in [2.75, 3.05) is 7.11 Å². The van der Waals surface area contributed by atoms with Gasteiger partial charge in [-0.05, 0) is 43.5 Å². The predicted molar refractivity (Wildman–Crippen MR) is 64.4 cm³/mol. The molecule has 0 aliphatic rings. The van der Waals surface area contributed by atoms with Crippen LogP contribution in [0.5, 0.6) is 5.75 Å². The molecular formula is C13H18N2O. The lowest BCUT2D eigenvalue weighted by atomic mass is 10.0. The average Bonchev–Trinajstić information content (AvgIpc) is 2.30. The van der Waals surface area contributed by atoms with Crippen molar-refractivity contribution < 1.29 is 4.74 Å². The van der Waals surface area contributed by atoms with Gasteiger partial charge in [0.1, 0.15) is 5.75 Å². The summed E-state index contributed by atoms with van der Waals surface area (Å²) in [5.41, 5.74) is 3.59. The maximum absolute atomic E-state index is 8.69. The summed E-state index contributed by atoms with van der Waals surface area (Å²) in [5, 5.41) is 11.8. The average molecular weight is 218 g/mol. The van der Waals surface area contributed by atoms with E-state index in [2.05, 4.69) is 18.3 Å². The maximum atomic E-state index is 8.69. The molecule has 1 atom stereocenters. The number of hydrogen-bond donors (Lipinski definition) is 1. The van der Waals surface area contributed by atoms with Crippen molar-refractivity contribution in [3.8, 4) is 11.8 Å². The number of benzene rings is 1. The van der Waals surface area contributed by atoms with E-state index in [0.29, 0.717) is 6.54 Å². The summed E-state index contributed by atoms with van der Waals surface area (Å²) in [7, 11) is 1.68. The van der Waals surface area contributed by atoms with Crippen LogP contribution in [-0.4, -0.2) is 13.2 Å². The molecule has 3 nitrogen and oxygen atoms in total. The second kappa shape index (κ2) is 5.53. The van der Waals surface area contributed by atoms with E-state index < -0.39 is 0 Å². The fourth-order valence-corrected chi connectivity index (χ4v) is 1.57. The van der Waals surface area contributed by atoms with Crippen molar-refractivity contribution in [3.05, 3.63) is 28.8 Å². The van der Waals surface area contributed by atoms with E-state index in [1.54, 1.807) is 7.11 Å². The van der Waals surface area contributed by atoms with Gasteiger partial charge >= 0.3 is 0 Å². The smallest absolute Gasteiger partial charge is 0.122 e. The molecule has 0 aromatic heterocycles. The molecular weight excluding hydrogens is 200 g/mol. The molecule has 0 aliphatic heterocycles. The molecule has 0 radical (unpaired) electrons. The predicted octanol–water partition coefficient (Wildman–Crippen LogP) is 2.31. The number of hydrogen-bond acceptors (Lipinski definition) is 3. The van der Waals surface area contributed by atoms with Gasteiger partial charge in [0.2, 0.25) is 0 Å². The van der Waals surface area contributed by atoms with Gasteiger partial charge in [0.05, 0.1) is 19.2 Å². The molecule has 0 aliphatic carbocycles. The molecule has 16 heavy (non-hydrogen) atoms. The highest BCUT2D eigenvalue weighted by atomic mass is 16.5. The zero-order chi connectivity index (χ0) is 12.1. The number of nitriles is 1. The molecule has 0 saturated carbocycles. The van der Waals surface area contributed by atoms with Crippen LogP contribution in [0, 0.1) is 25.2 Å². The molecule has 0 spiro atoms. The number of nitrogens with one attached hydrogen (secondary N) is 1. The van der Waals surface area contributed by atoms with E-state index in [1.807, 2.05) is 26.0 Å². The summed E-state index contributed by atoms with van der Waals surface area (Å²) in [6.45, 7) is 6.69. The van der Waals surface area contributed by atoms with Crippen LogP contribution in [0.2, 0.25) is 0 Å². The van der Waals surface area contributed by atoms with Crippen molar-refractivity contribution >= 4 is 0 Å². The Kier molecular flexibility index (Phi) is 4.33. The van der Waals surface area contributed by atoms with E-state index in [1.165, 1.54) is 11.1 Å². The Morgan fingerprint density at radius 1 is 1.38 bits per heavy atom. The SMILES string of the molecule is COc1ccc(CNC(C)C#N)c(C)c1C. The molecule has 3 heteroatoms. The first kappa shape index (κ1) is 12.5. The number of methoxy groups -OCH3 is 1. The molecule has 0 amide bonds. The van der Waals surface area contributed by atoms with Gasteiger partial charge in [-0.3, -0.25) is 5.32 Å². The van der Waals surface area contributed by atoms with Crippen molar-refractivity contribution in [1.82, 2.24) is 5.32 Å². The van der Waals surface area contributed by atoms with Crippen molar-refractivity contribution in [3.63, 3.8) is 0 Å². The highest BCUT2D eigenvalue weighted by Gasteiger charge is 2.07. The van der Waals surface area contributed by atoms with Gasteiger partial charge in [0, 0.05) is 6.54 Å². The highest BCUT2D eigenvalue weighted by molar-refractivity contribution is 5.43. The van der Waals surface area contributed by atoms with E-state index in [-0.39, 0.29) is 6.04 Å². The monoisotopic (exact) mass is 218 g/mol. The third-order valence-electron chi connectivity index (χ3n) is 2.86. The minimum absolute atomic E-state index is 0.123. The van der Waals surface area contributed by atoms with E-state index in [4.69, 9.17) is 10.00 Å². The lowest BCUT2D eigenvalue weighted by Gasteiger charge is -2.13. The first-order valence-corrected chi connectivity index (χ1v) is 5.36. The molecule has 86 valence electrons. The normalized spacial score (nSPS) is 11.9. The molecule has 1 aromatic carbocycles. The molecule has 0 bridgehead atoms. The molecule has 0 saturated heterocycles.